The number of benzene rings is 1. The van der Waals surface area contributed by atoms with Gasteiger partial charge in [0.05, 0.1) is 41.0 Å². The molecule has 0 saturated carbocycles. The van der Waals surface area contributed by atoms with E-state index in [4.69, 9.17) is 9.15 Å². The molecule has 0 saturated heterocycles. The molecule has 152 valence electrons. The van der Waals surface area contributed by atoms with Crippen LogP contribution in [0.1, 0.15) is 17.2 Å². The van der Waals surface area contributed by atoms with E-state index in [-0.39, 0.29) is 25.4 Å². The third-order valence-corrected chi connectivity index (χ3v) is 5.18. The van der Waals surface area contributed by atoms with E-state index in [1.54, 1.807) is 12.1 Å². The first-order chi connectivity index (χ1) is 14.0. The maximum atomic E-state index is 12.0. The van der Waals surface area contributed by atoms with E-state index < -0.39 is 18.5 Å². The van der Waals surface area contributed by atoms with Crippen LogP contribution in [0.3, 0.4) is 0 Å². The first-order valence-corrected chi connectivity index (χ1v) is 9.86. The Balaban J connectivity index is 1.35. The molecule has 3 aromatic rings. The zero-order chi connectivity index (χ0) is 20.6. The lowest BCUT2D eigenvalue weighted by Gasteiger charge is -2.16. The molecule has 0 spiro atoms. The fourth-order valence-corrected chi connectivity index (χ4v) is 3.49. The molecule has 0 atom stereocenters. The van der Waals surface area contributed by atoms with Gasteiger partial charge in [0.25, 0.3) is 5.91 Å². The number of ether oxygens (including phenoxy) is 1. The van der Waals surface area contributed by atoms with Gasteiger partial charge in [0.1, 0.15) is 5.76 Å². The smallest absolute Gasteiger partial charge is 0.306 e. The van der Waals surface area contributed by atoms with E-state index in [9.17, 15) is 14.4 Å². The number of carbonyl (C=O) groups is 3. The fraction of sp³-hybridized carbons (Fsp3) is 0.300. The molecule has 2 amide bonds. The Hall–Kier alpha value is -3.20. The van der Waals surface area contributed by atoms with Crippen LogP contribution in [0.25, 0.3) is 10.2 Å². The van der Waals surface area contributed by atoms with Gasteiger partial charge in [0, 0.05) is 13.5 Å². The van der Waals surface area contributed by atoms with Gasteiger partial charge in [-0.05, 0) is 24.3 Å². The predicted molar refractivity (Wildman–Crippen MR) is 107 cm³/mol. The number of furan rings is 1. The van der Waals surface area contributed by atoms with Gasteiger partial charge in [0.2, 0.25) is 5.91 Å². The number of aryl methyl sites for hydroxylation is 1. The number of nitrogens with one attached hydrogen (secondary N) is 1. The van der Waals surface area contributed by atoms with Gasteiger partial charge in [-0.25, -0.2) is 4.98 Å². The zero-order valence-corrected chi connectivity index (χ0v) is 16.7. The van der Waals surface area contributed by atoms with Crippen LogP contribution in [0.2, 0.25) is 0 Å². The number of amides is 2. The molecule has 3 rings (SSSR count). The molecule has 29 heavy (non-hydrogen) atoms. The molecule has 0 bridgehead atoms. The highest BCUT2D eigenvalue weighted by Gasteiger charge is 2.16. The van der Waals surface area contributed by atoms with E-state index in [1.807, 2.05) is 24.3 Å². The van der Waals surface area contributed by atoms with Crippen molar-refractivity contribution >= 4 is 39.3 Å². The number of fused-ring (bicyclic) bond motifs is 1. The molecular weight excluding hydrogens is 394 g/mol. The van der Waals surface area contributed by atoms with Gasteiger partial charge in [-0.1, -0.05) is 12.1 Å². The lowest BCUT2D eigenvalue weighted by atomic mass is 10.3. The van der Waals surface area contributed by atoms with Gasteiger partial charge in [0.15, 0.2) is 6.61 Å². The zero-order valence-electron chi connectivity index (χ0n) is 15.9. The number of nitrogens with zero attached hydrogens (tertiary/aromatic N) is 2. The van der Waals surface area contributed by atoms with E-state index >= 15 is 0 Å². The molecule has 2 heterocycles. The molecule has 0 radical (unpaired) electrons. The second-order valence-corrected chi connectivity index (χ2v) is 7.46. The first kappa shape index (κ1) is 20.5. The third-order valence-electron chi connectivity index (χ3n) is 4.08. The van der Waals surface area contributed by atoms with Crippen LogP contribution in [0.4, 0.5) is 0 Å². The van der Waals surface area contributed by atoms with Crippen molar-refractivity contribution in [3.05, 3.63) is 53.4 Å². The minimum absolute atomic E-state index is 0.136. The van der Waals surface area contributed by atoms with Crippen LogP contribution in [0.5, 0.6) is 0 Å². The Morgan fingerprint density at radius 3 is 2.79 bits per heavy atom. The first-order valence-electron chi connectivity index (χ1n) is 9.04. The van der Waals surface area contributed by atoms with E-state index in [1.165, 1.54) is 29.5 Å². The highest BCUT2D eigenvalue weighted by molar-refractivity contribution is 7.18. The van der Waals surface area contributed by atoms with Crippen molar-refractivity contribution in [1.29, 1.82) is 0 Å². The highest BCUT2D eigenvalue weighted by atomic mass is 32.1. The Bertz CT molecular complexity index is 950. The summed E-state index contributed by atoms with van der Waals surface area (Å²) in [6, 6.07) is 11.2. The lowest BCUT2D eigenvalue weighted by molar-refractivity contribution is -0.151. The standard InChI is InChI=1S/C20H21N3O5S/c1-23(12-17(24)21-11-14-5-4-10-27-14)19(25)13-28-20(26)9-8-18-22-15-6-2-3-7-16(15)29-18/h2-7,10H,8-9,11-13H2,1H3,(H,21,24). The summed E-state index contributed by atoms with van der Waals surface area (Å²) in [6.45, 7) is -0.294. The van der Waals surface area contributed by atoms with Gasteiger partial charge >= 0.3 is 5.97 Å². The molecule has 9 heteroatoms. The minimum atomic E-state index is -0.478. The molecule has 1 N–H and O–H groups in total. The number of hydrogen-bond donors (Lipinski definition) is 1. The van der Waals surface area contributed by atoms with Crippen LogP contribution in [-0.4, -0.2) is 47.9 Å². The highest BCUT2D eigenvalue weighted by Crippen LogP contribution is 2.22. The van der Waals surface area contributed by atoms with Gasteiger partial charge in [-0.2, -0.15) is 0 Å². The summed E-state index contributed by atoms with van der Waals surface area (Å²) < 4.78 is 11.2. The molecule has 8 nitrogen and oxygen atoms in total. The lowest BCUT2D eigenvalue weighted by Crippen LogP contribution is -2.39. The minimum Gasteiger partial charge on any atom is -0.467 e. The second-order valence-electron chi connectivity index (χ2n) is 6.34. The number of aromatic nitrogens is 1. The van der Waals surface area contributed by atoms with E-state index in [0.717, 1.165) is 15.2 Å². The van der Waals surface area contributed by atoms with E-state index in [0.29, 0.717) is 12.2 Å². The summed E-state index contributed by atoms with van der Waals surface area (Å²) in [5, 5.41) is 3.49. The Labute approximate surface area is 171 Å². The third kappa shape index (κ3) is 6.15. The topological polar surface area (TPSA) is 102 Å². The number of para-hydroxylation sites is 1. The maximum absolute atomic E-state index is 12.0. The average molecular weight is 415 g/mol. The molecule has 1 aromatic carbocycles. The summed E-state index contributed by atoms with van der Waals surface area (Å²) in [5.74, 6) is -0.645. The molecular formula is C20H21N3O5S. The van der Waals surface area contributed by atoms with Crippen molar-refractivity contribution in [3.63, 3.8) is 0 Å². The summed E-state index contributed by atoms with van der Waals surface area (Å²) >= 11 is 1.53. The molecule has 0 aliphatic rings. The molecule has 2 aromatic heterocycles. The van der Waals surface area contributed by atoms with Crippen LogP contribution in [0, 0.1) is 0 Å². The number of likely N-dealkylation sites (N-methyl/N-ethyl adjacent to an activating group) is 1. The van der Waals surface area contributed by atoms with Crippen LogP contribution in [0.15, 0.2) is 47.1 Å². The number of thiazole rings is 1. The Morgan fingerprint density at radius 2 is 2.03 bits per heavy atom. The van der Waals surface area contributed by atoms with Gasteiger partial charge in [-0.15, -0.1) is 11.3 Å². The number of rotatable bonds is 9. The maximum Gasteiger partial charge on any atom is 0.306 e. The van der Waals surface area contributed by atoms with Crippen LogP contribution >= 0.6 is 11.3 Å². The number of hydrogen-bond acceptors (Lipinski definition) is 7. The van der Waals surface area contributed by atoms with Crippen molar-refractivity contribution < 1.29 is 23.5 Å². The van der Waals surface area contributed by atoms with Crippen molar-refractivity contribution in [3.8, 4) is 0 Å². The summed E-state index contributed by atoms with van der Waals surface area (Å²) in [4.78, 5) is 41.5. The fourth-order valence-electron chi connectivity index (χ4n) is 2.52. The summed E-state index contributed by atoms with van der Waals surface area (Å²) in [7, 11) is 1.48. The van der Waals surface area contributed by atoms with Crippen molar-refractivity contribution in [1.82, 2.24) is 15.2 Å². The van der Waals surface area contributed by atoms with E-state index in [2.05, 4.69) is 10.3 Å². The monoisotopic (exact) mass is 415 g/mol. The summed E-state index contributed by atoms with van der Waals surface area (Å²) in [6.07, 6.45) is 2.11. The quantitative estimate of drug-likeness (QED) is 0.537. The molecule has 0 fully saturated rings. The SMILES string of the molecule is CN(CC(=O)NCc1ccco1)C(=O)COC(=O)CCc1nc2ccccc2s1. The van der Waals surface area contributed by atoms with Crippen LogP contribution < -0.4 is 5.32 Å². The van der Waals surface area contributed by atoms with Crippen molar-refractivity contribution in [2.24, 2.45) is 0 Å². The normalized spacial score (nSPS) is 10.7. The Kier molecular flexibility index (Phi) is 6.96. The number of esters is 1. The second kappa shape index (κ2) is 9.83. The summed E-state index contributed by atoms with van der Waals surface area (Å²) in [5.41, 5.74) is 0.906. The predicted octanol–water partition coefficient (Wildman–Crippen LogP) is 2.14. The molecule has 0 aliphatic heterocycles. The average Bonchev–Trinajstić information content (AvgIpc) is 3.37. The van der Waals surface area contributed by atoms with Gasteiger partial charge in [-0.3, -0.25) is 14.4 Å². The Morgan fingerprint density at radius 1 is 1.21 bits per heavy atom. The number of carbonyl (C=O) groups excluding carboxylic acids is 3. The van der Waals surface area contributed by atoms with Crippen molar-refractivity contribution in [2.45, 2.75) is 19.4 Å². The molecule has 0 aliphatic carbocycles. The van der Waals surface area contributed by atoms with Crippen LogP contribution in [-0.2, 0) is 32.1 Å². The largest absolute Gasteiger partial charge is 0.467 e. The molecule has 0 unspecified atom stereocenters. The van der Waals surface area contributed by atoms with Crippen molar-refractivity contribution in [2.75, 3.05) is 20.2 Å². The van der Waals surface area contributed by atoms with Gasteiger partial charge < -0.3 is 19.4 Å².